The molecule has 0 spiro atoms. The highest BCUT2D eigenvalue weighted by atomic mass is 32.1. The standard InChI is InChI=1S/C12H14N4O2S/c17-12(18)9-6-19-11(15-9)10(8-5-13-7-14-8)16-3-1-2-4-16/h5-7,10H,1-4H2,(H,13,14)(H,17,18). The van der Waals surface area contributed by atoms with Crippen LogP contribution in [0.25, 0.3) is 0 Å². The third-order valence-corrected chi connectivity index (χ3v) is 4.19. The molecule has 1 fully saturated rings. The van der Waals surface area contributed by atoms with Crippen LogP contribution in [0.3, 0.4) is 0 Å². The third-order valence-electron chi connectivity index (χ3n) is 3.29. The Bertz CT molecular complexity index is 560. The lowest BCUT2D eigenvalue weighted by Gasteiger charge is -2.24. The van der Waals surface area contributed by atoms with E-state index in [0.717, 1.165) is 23.8 Å². The number of nitrogens with zero attached hydrogens (tertiary/aromatic N) is 3. The van der Waals surface area contributed by atoms with E-state index >= 15 is 0 Å². The molecule has 0 saturated carbocycles. The van der Waals surface area contributed by atoms with Gasteiger partial charge in [0.2, 0.25) is 0 Å². The second kappa shape index (κ2) is 5.10. The summed E-state index contributed by atoms with van der Waals surface area (Å²) in [5, 5.41) is 11.4. The number of carboxylic acid groups (broad SMARTS) is 1. The van der Waals surface area contributed by atoms with Gasteiger partial charge < -0.3 is 10.1 Å². The second-order valence-corrected chi connectivity index (χ2v) is 5.42. The molecule has 1 saturated heterocycles. The molecular weight excluding hydrogens is 264 g/mol. The van der Waals surface area contributed by atoms with Gasteiger partial charge in [-0.05, 0) is 25.9 Å². The SMILES string of the molecule is O=C(O)c1csc(C(c2cnc[nH]2)N2CCCC2)n1. The van der Waals surface area contributed by atoms with Crippen molar-refractivity contribution in [3.05, 3.63) is 34.3 Å². The first-order chi connectivity index (χ1) is 9.25. The molecule has 19 heavy (non-hydrogen) atoms. The topological polar surface area (TPSA) is 82.1 Å². The van der Waals surface area contributed by atoms with Crippen molar-refractivity contribution in [1.29, 1.82) is 0 Å². The Kier molecular flexibility index (Phi) is 3.31. The van der Waals surface area contributed by atoms with E-state index in [1.807, 2.05) is 0 Å². The zero-order valence-electron chi connectivity index (χ0n) is 10.2. The molecule has 2 aromatic heterocycles. The summed E-state index contributed by atoms with van der Waals surface area (Å²) in [6.07, 6.45) is 5.76. The zero-order chi connectivity index (χ0) is 13.2. The van der Waals surface area contributed by atoms with Crippen molar-refractivity contribution < 1.29 is 9.90 Å². The molecule has 3 heterocycles. The first-order valence-corrected chi connectivity index (χ1v) is 7.04. The van der Waals surface area contributed by atoms with Crippen molar-refractivity contribution in [2.75, 3.05) is 13.1 Å². The number of carbonyl (C=O) groups is 1. The van der Waals surface area contributed by atoms with Gasteiger partial charge in [0.25, 0.3) is 0 Å². The Balaban J connectivity index is 1.95. The van der Waals surface area contributed by atoms with Crippen LogP contribution in [-0.4, -0.2) is 44.0 Å². The van der Waals surface area contributed by atoms with Crippen LogP contribution in [-0.2, 0) is 0 Å². The van der Waals surface area contributed by atoms with Crippen LogP contribution >= 0.6 is 11.3 Å². The minimum Gasteiger partial charge on any atom is -0.476 e. The molecule has 6 nitrogen and oxygen atoms in total. The summed E-state index contributed by atoms with van der Waals surface area (Å²) in [5.74, 6) is -0.979. The van der Waals surface area contributed by atoms with Gasteiger partial charge in [0.1, 0.15) is 11.0 Å². The first kappa shape index (κ1) is 12.3. The molecule has 0 radical (unpaired) electrons. The normalized spacial score (nSPS) is 17.7. The fourth-order valence-electron chi connectivity index (χ4n) is 2.41. The van der Waals surface area contributed by atoms with Crippen LogP contribution in [0.1, 0.15) is 40.1 Å². The Morgan fingerprint density at radius 3 is 2.84 bits per heavy atom. The van der Waals surface area contributed by atoms with Crippen molar-refractivity contribution in [3.63, 3.8) is 0 Å². The number of H-pyrrole nitrogens is 1. The van der Waals surface area contributed by atoms with Gasteiger partial charge in [-0.2, -0.15) is 0 Å². The average Bonchev–Trinajstić information content (AvgIpc) is 3.12. The minimum absolute atomic E-state index is 0.0110. The molecule has 2 aromatic rings. The molecule has 1 aliphatic rings. The van der Waals surface area contributed by atoms with Gasteiger partial charge in [0.05, 0.1) is 12.0 Å². The predicted octanol–water partition coefficient (Wildman–Crippen LogP) is 1.75. The second-order valence-electron chi connectivity index (χ2n) is 4.53. The number of hydrogen-bond donors (Lipinski definition) is 2. The summed E-state index contributed by atoms with van der Waals surface area (Å²) >= 11 is 1.39. The molecule has 0 amide bonds. The Morgan fingerprint density at radius 1 is 1.47 bits per heavy atom. The van der Waals surface area contributed by atoms with E-state index in [4.69, 9.17) is 5.11 Å². The number of aromatic amines is 1. The molecule has 0 bridgehead atoms. The van der Waals surface area contributed by atoms with E-state index in [-0.39, 0.29) is 11.7 Å². The Hall–Kier alpha value is -1.73. The molecule has 1 aliphatic heterocycles. The lowest BCUT2D eigenvalue weighted by atomic mass is 10.2. The van der Waals surface area contributed by atoms with Crippen molar-refractivity contribution in [2.24, 2.45) is 0 Å². The summed E-state index contributed by atoms with van der Waals surface area (Å²) in [6.45, 7) is 2.01. The van der Waals surface area contributed by atoms with Crippen LogP contribution in [0.4, 0.5) is 0 Å². The van der Waals surface area contributed by atoms with E-state index < -0.39 is 5.97 Å². The number of hydrogen-bond acceptors (Lipinski definition) is 5. The molecule has 0 aromatic carbocycles. The van der Waals surface area contributed by atoms with Crippen molar-refractivity contribution >= 4 is 17.3 Å². The fourth-order valence-corrected chi connectivity index (χ4v) is 3.36. The molecule has 100 valence electrons. The van der Waals surface area contributed by atoms with Crippen LogP contribution in [0.2, 0.25) is 0 Å². The van der Waals surface area contributed by atoms with Gasteiger partial charge in [-0.25, -0.2) is 14.8 Å². The summed E-state index contributed by atoms with van der Waals surface area (Å²) in [5.41, 5.74) is 1.08. The van der Waals surface area contributed by atoms with E-state index in [1.54, 1.807) is 17.9 Å². The lowest BCUT2D eigenvalue weighted by Crippen LogP contribution is -2.26. The van der Waals surface area contributed by atoms with Gasteiger partial charge >= 0.3 is 5.97 Å². The van der Waals surface area contributed by atoms with E-state index in [9.17, 15) is 4.79 Å². The average molecular weight is 278 g/mol. The van der Waals surface area contributed by atoms with E-state index in [0.29, 0.717) is 0 Å². The summed E-state index contributed by atoms with van der Waals surface area (Å²) in [4.78, 5) is 24.7. The molecule has 2 N–H and O–H groups in total. The van der Waals surface area contributed by atoms with Gasteiger partial charge in [-0.15, -0.1) is 11.3 Å². The van der Waals surface area contributed by atoms with Crippen LogP contribution < -0.4 is 0 Å². The van der Waals surface area contributed by atoms with Gasteiger partial charge in [-0.3, -0.25) is 4.90 Å². The van der Waals surface area contributed by atoms with Crippen molar-refractivity contribution in [3.8, 4) is 0 Å². The van der Waals surface area contributed by atoms with E-state index in [1.165, 1.54) is 24.2 Å². The van der Waals surface area contributed by atoms with Crippen molar-refractivity contribution in [2.45, 2.75) is 18.9 Å². The number of rotatable bonds is 4. The monoisotopic (exact) mass is 278 g/mol. The van der Waals surface area contributed by atoms with Crippen molar-refractivity contribution in [1.82, 2.24) is 19.9 Å². The maximum atomic E-state index is 11.0. The molecule has 1 atom stereocenters. The number of aromatic nitrogens is 3. The number of likely N-dealkylation sites (tertiary alicyclic amines) is 1. The number of nitrogens with one attached hydrogen (secondary N) is 1. The minimum atomic E-state index is -0.979. The molecular formula is C12H14N4O2S. The highest BCUT2D eigenvalue weighted by Crippen LogP contribution is 2.32. The summed E-state index contributed by atoms with van der Waals surface area (Å²) in [6, 6.07) is -0.0110. The molecule has 7 heteroatoms. The number of thiazole rings is 1. The zero-order valence-corrected chi connectivity index (χ0v) is 11.1. The predicted molar refractivity (Wildman–Crippen MR) is 70.3 cm³/mol. The van der Waals surface area contributed by atoms with Crippen LogP contribution in [0, 0.1) is 0 Å². The van der Waals surface area contributed by atoms with Gasteiger partial charge in [-0.1, -0.05) is 0 Å². The largest absolute Gasteiger partial charge is 0.476 e. The maximum absolute atomic E-state index is 11.0. The Labute approximate surface area is 114 Å². The molecule has 1 unspecified atom stereocenters. The number of carboxylic acids is 1. The van der Waals surface area contributed by atoms with Gasteiger partial charge in [0.15, 0.2) is 5.69 Å². The fraction of sp³-hybridized carbons (Fsp3) is 0.417. The highest BCUT2D eigenvalue weighted by Gasteiger charge is 2.29. The van der Waals surface area contributed by atoms with Crippen LogP contribution in [0.5, 0.6) is 0 Å². The summed E-state index contributed by atoms with van der Waals surface area (Å²) in [7, 11) is 0. The first-order valence-electron chi connectivity index (χ1n) is 6.17. The smallest absolute Gasteiger partial charge is 0.355 e. The van der Waals surface area contributed by atoms with Crippen LogP contribution in [0.15, 0.2) is 17.9 Å². The number of aromatic carboxylic acids is 1. The van der Waals surface area contributed by atoms with Gasteiger partial charge in [0, 0.05) is 11.6 Å². The Morgan fingerprint density at radius 2 is 2.26 bits per heavy atom. The lowest BCUT2D eigenvalue weighted by molar-refractivity contribution is 0.0691. The molecule has 3 rings (SSSR count). The summed E-state index contributed by atoms with van der Waals surface area (Å²) < 4.78 is 0. The number of imidazole rings is 1. The third kappa shape index (κ3) is 2.39. The quantitative estimate of drug-likeness (QED) is 0.890. The molecule has 0 aliphatic carbocycles. The maximum Gasteiger partial charge on any atom is 0.355 e. The highest BCUT2D eigenvalue weighted by molar-refractivity contribution is 7.09. The van der Waals surface area contributed by atoms with E-state index in [2.05, 4.69) is 19.9 Å².